The average Bonchev–Trinajstić information content (AvgIpc) is 2.09. The molecule has 0 aromatic rings. The van der Waals surface area contributed by atoms with Gasteiger partial charge in [0.05, 0.1) is 0 Å². The first kappa shape index (κ1) is 12.7. The molecule has 0 aromatic heterocycles. The highest BCUT2D eigenvalue weighted by molar-refractivity contribution is 6.47. The Balaban J connectivity index is 3.87. The van der Waals surface area contributed by atoms with Crippen LogP contribution in [0.1, 0.15) is 52.4 Å². The molecule has 0 aromatic carbocycles. The Hall–Kier alpha value is -0.275. The molecule has 0 saturated carbocycles. The molecule has 76 valence electrons. The molecule has 0 radical (unpaired) electrons. The van der Waals surface area contributed by atoms with Crippen molar-refractivity contribution in [3.8, 4) is 0 Å². The number of hydrogen-bond acceptors (Lipinski definition) is 2. The van der Waals surface area contributed by atoms with E-state index in [-0.39, 0.29) is 0 Å². The fourth-order valence-electron chi connectivity index (χ4n) is 1.31. The Labute approximate surface area is 81.8 Å². The number of hydrogen-bond donors (Lipinski definition) is 2. The summed E-state index contributed by atoms with van der Waals surface area (Å²) in [6, 6.07) is 0. The van der Waals surface area contributed by atoms with Gasteiger partial charge >= 0.3 is 7.12 Å². The van der Waals surface area contributed by atoms with Crippen LogP contribution in [0.2, 0.25) is 0 Å². The molecule has 0 atom stereocenters. The Bertz CT molecular complexity index is 134. The Morgan fingerprint density at radius 3 is 1.85 bits per heavy atom. The number of unbranched alkanes of at least 4 members (excludes halogenated alkanes) is 2. The van der Waals surface area contributed by atoms with Crippen molar-refractivity contribution in [3.63, 3.8) is 0 Å². The van der Waals surface area contributed by atoms with Crippen molar-refractivity contribution in [1.29, 1.82) is 0 Å². The molecule has 0 rings (SSSR count). The third-order valence-electron chi connectivity index (χ3n) is 2.09. The van der Waals surface area contributed by atoms with Gasteiger partial charge in [-0.3, -0.25) is 0 Å². The second-order valence-corrected chi connectivity index (χ2v) is 3.45. The molecule has 0 spiro atoms. The van der Waals surface area contributed by atoms with E-state index in [1.54, 1.807) is 5.98 Å². The number of allylic oxidation sites excluding steroid dienone is 1. The summed E-state index contributed by atoms with van der Waals surface area (Å²) in [5.74, 6) is 1.57. The highest BCUT2D eigenvalue weighted by atomic mass is 16.4. The van der Waals surface area contributed by atoms with Crippen molar-refractivity contribution in [2.24, 2.45) is 0 Å². The van der Waals surface area contributed by atoms with Crippen LogP contribution >= 0.6 is 0 Å². The monoisotopic (exact) mass is 184 g/mol. The van der Waals surface area contributed by atoms with Gasteiger partial charge in [-0.1, -0.05) is 38.2 Å². The summed E-state index contributed by atoms with van der Waals surface area (Å²) in [4.78, 5) is 0. The second kappa shape index (κ2) is 8.33. The van der Waals surface area contributed by atoms with Crippen LogP contribution in [-0.2, 0) is 0 Å². The molecule has 13 heavy (non-hydrogen) atoms. The lowest BCUT2D eigenvalue weighted by Gasteiger charge is -2.05. The summed E-state index contributed by atoms with van der Waals surface area (Å²) in [6.45, 7) is 4.29. The van der Waals surface area contributed by atoms with E-state index in [0.29, 0.717) is 0 Å². The van der Waals surface area contributed by atoms with E-state index in [1.807, 2.05) is 0 Å². The molecular weight excluding hydrogens is 163 g/mol. The van der Waals surface area contributed by atoms with E-state index in [0.717, 1.165) is 38.5 Å². The lowest BCUT2D eigenvalue weighted by atomic mass is 9.85. The van der Waals surface area contributed by atoms with E-state index in [1.165, 1.54) is 5.57 Å². The highest BCUT2D eigenvalue weighted by Crippen LogP contribution is 2.14. The summed E-state index contributed by atoms with van der Waals surface area (Å²) in [5.41, 5.74) is 1.19. The van der Waals surface area contributed by atoms with Crippen LogP contribution in [0.5, 0.6) is 0 Å². The molecule has 3 heteroatoms. The van der Waals surface area contributed by atoms with Crippen LogP contribution < -0.4 is 0 Å². The topological polar surface area (TPSA) is 40.5 Å². The maximum atomic E-state index is 8.80. The molecule has 0 bridgehead atoms. The molecule has 0 fully saturated rings. The Morgan fingerprint density at radius 2 is 1.54 bits per heavy atom. The van der Waals surface area contributed by atoms with Crippen molar-refractivity contribution < 1.29 is 10.0 Å². The summed E-state index contributed by atoms with van der Waals surface area (Å²) >= 11 is 0. The van der Waals surface area contributed by atoms with E-state index < -0.39 is 7.12 Å². The minimum Gasteiger partial charge on any atom is -0.424 e. The predicted octanol–water partition coefficient (Wildman–Crippen LogP) is 2.31. The summed E-state index contributed by atoms with van der Waals surface area (Å²) in [5, 5.41) is 17.6. The van der Waals surface area contributed by atoms with Crippen molar-refractivity contribution in [2.75, 3.05) is 0 Å². The third-order valence-corrected chi connectivity index (χ3v) is 2.09. The zero-order valence-corrected chi connectivity index (χ0v) is 8.79. The first-order valence-corrected chi connectivity index (χ1v) is 5.26. The van der Waals surface area contributed by atoms with Crippen LogP contribution in [0.25, 0.3) is 0 Å². The van der Waals surface area contributed by atoms with Gasteiger partial charge in [0, 0.05) is 0 Å². The standard InChI is InChI=1S/C10H21BO2/c1-3-5-7-10(8-6-4-2)9-11(12)13/h9,12-13H,3-8H2,1-2H3. The molecule has 2 N–H and O–H groups in total. The predicted molar refractivity (Wildman–Crippen MR) is 57.3 cm³/mol. The first-order valence-electron chi connectivity index (χ1n) is 5.26. The van der Waals surface area contributed by atoms with E-state index in [2.05, 4.69) is 13.8 Å². The molecule has 2 nitrogen and oxygen atoms in total. The van der Waals surface area contributed by atoms with Crippen molar-refractivity contribution in [2.45, 2.75) is 52.4 Å². The first-order chi connectivity index (χ1) is 6.20. The van der Waals surface area contributed by atoms with Crippen LogP contribution in [0.15, 0.2) is 11.5 Å². The van der Waals surface area contributed by atoms with E-state index in [9.17, 15) is 0 Å². The van der Waals surface area contributed by atoms with Gasteiger partial charge in [-0.15, -0.1) is 0 Å². The Kier molecular flexibility index (Phi) is 8.15. The van der Waals surface area contributed by atoms with Crippen molar-refractivity contribution in [1.82, 2.24) is 0 Å². The van der Waals surface area contributed by atoms with Gasteiger partial charge in [0.1, 0.15) is 0 Å². The largest absolute Gasteiger partial charge is 0.480 e. The van der Waals surface area contributed by atoms with Crippen LogP contribution in [0.4, 0.5) is 0 Å². The van der Waals surface area contributed by atoms with Crippen molar-refractivity contribution in [3.05, 3.63) is 11.5 Å². The minimum absolute atomic E-state index is 1.01. The van der Waals surface area contributed by atoms with E-state index >= 15 is 0 Å². The second-order valence-electron chi connectivity index (χ2n) is 3.45. The zero-order valence-electron chi connectivity index (χ0n) is 8.79. The maximum Gasteiger partial charge on any atom is 0.480 e. The molecule has 0 unspecified atom stereocenters. The highest BCUT2D eigenvalue weighted by Gasteiger charge is 2.04. The summed E-state index contributed by atoms with van der Waals surface area (Å²) < 4.78 is 0. The van der Waals surface area contributed by atoms with Crippen LogP contribution in [0, 0.1) is 0 Å². The molecule has 0 aliphatic carbocycles. The molecule has 0 saturated heterocycles. The molecule has 0 aliphatic rings. The van der Waals surface area contributed by atoms with Gasteiger partial charge in [0.2, 0.25) is 0 Å². The normalized spacial score (nSPS) is 9.85. The quantitative estimate of drug-likeness (QED) is 0.596. The van der Waals surface area contributed by atoms with Crippen LogP contribution in [0.3, 0.4) is 0 Å². The maximum absolute atomic E-state index is 8.80. The fraction of sp³-hybridized carbons (Fsp3) is 0.800. The molecule has 0 amide bonds. The van der Waals surface area contributed by atoms with Crippen LogP contribution in [-0.4, -0.2) is 17.2 Å². The Morgan fingerprint density at radius 1 is 1.08 bits per heavy atom. The summed E-state index contributed by atoms with van der Waals surface area (Å²) in [6.07, 6.45) is 6.61. The zero-order chi connectivity index (χ0) is 10.1. The number of rotatable bonds is 7. The third kappa shape index (κ3) is 8.07. The average molecular weight is 184 g/mol. The molecule has 0 heterocycles. The van der Waals surface area contributed by atoms with Crippen molar-refractivity contribution >= 4 is 7.12 Å². The smallest absolute Gasteiger partial charge is 0.424 e. The fourth-order valence-corrected chi connectivity index (χ4v) is 1.31. The summed E-state index contributed by atoms with van der Waals surface area (Å²) in [7, 11) is -1.27. The minimum atomic E-state index is -1.27. The lowest BCUT2D eigenvalue weighted by Crippen LogP contribution is -2.08. The van der Waals surface area contributed by atoms with Gasteiger partial charge in [0.25, 0.3) is 0 Å². The molecular formula is C10H21BO2. The SMILES string of the molecule is CCCCC(=CB(O)O)CCCC. The van der Waals surface area contributed by atoms with Gasteiger partial charge in [-0.05, 0) is 25.7 Å². The molecule has 0 aliphatic heterocycles. The van der Waals surface area contributed by atoms with Gasteiger partial charge in [-0.25, -0.2) is 0 Å². The van der Waals surface area contributed by atoms with E-state index in [4.69, 9.17) is 10.0 Å². The van der Waals surface area contributed by atoms with Gasteiger partial charge in [0.15, 0.2) is 0 Å². The lowest BCUT2D eigenvalue weighted by molar-refractivity contribution is 0.423. The van der Waals surface area contributed by atoms with Gasteiger partial charge in [-0.2, -0.15) is 0 Å². The van der Waals surface area contributed by atoms with Gasteiger partial charge < -0.3 is 10.0 Å².